The van der Waals surface area contributed by atoms with Crippen molar-refractivity contribution in [2.24, 2.45) is 17.6 Å². The first-order valence-corrected chi connectivity index (χ1v) is 11.0. The van der Waals surface area contributed by atoms with Crippen molar-refractivity contribution in [3.8, 4) is 5.75 Å². The smallest absolute Gasteiger partial charge is 0.325 e. The molecule has 0 saturated heterocycles. The zero-order valence-corrected chi connectivity index (χ0v) is 19.8. The highest BCUT2D eigenvalue weighted by Crippen LogP contribution is 2.13. The van der Waals surface area contributed by atoms with E-state index in [4.69, 9.17) is 10.8 Å². The fourth-order valence-electron chi connectivity index (χ4n) is 3.01. The molecule has 0 aliphatic carbocycles. The van der Waals surface area contributed by atoms with Gasteiger partial charge in [0.1, 0.15) is 23.9 Å². The summed E-state index contributed by atoms with van der Waals surface area (Å²) in [5.41, 5.74) is 6.69. The molecule has 7 N–H and O–H groups in total. The first kappa shape index (κ1) is 27.9. The maximum absolute atomic E-state index is 13.1. The van der Waals surface area contributed by atoms with Gasteiger partial charge in [0, 0.05) is 6.42 Å². The standard InChI is InChI=1S/C23H36N4O6/c1-6-13(4)18(24)21(30)26-17(11-15-7-9-16(28)10-8-15)20(29)27-19(12(2)3)22(31)25-14(5)23(32)33/h7-10,12-14,17-19,28H,6,11,24H2,1-5H3,(H,25,31)(H,26,30)(H,27,29)(H,32,33). The fraction of sp³-hybridized carbons (Fsp3) is 0.565. The molecule has 0 fully saturated rings. The van der Waals surface area contributed by atoms with Crippen molar-refractivity contribution >= 4 is 23.7 Å². The summed E-state index contributed by atoms with van der Waals surface area (Å²) in [6, 6.07) is 2.19. The predicted molar refractivity (Wildman–Crippen MR) is 123 cm³/mol. The lowest BCUT2D eigenvalue weighted by molar-refractivity contribution is -0.142. The number of nitrogens with two attached hydrogens (primary N) is 1. The molecule has 1 aromatic rings. The molecule has 0 aromatic heterocycles. The van der Waals surface area contributed by atoms with Gasteiger partial charge in [0.15, 0.2) is 0 Å². The summed E-state index contributed by atoms with van der Waals surface area (Å²) >= 11 is 0. The Kier molecular flexibility index (Phi) is 10.8. The number of hydrogen-bond acceptors (Lipinski definition) is 6. The number of hydrogen-bond donors (Lipinski definition) is 6. The second-order valence-corrected chi connectivity index (χ2v) is 8.64. The molecule has 0 aliphatic rings. The molecule has 0 heterocycles. The van der Waals surface area contributed by atoms with Crippen molar-refractivity contribution in [1.29, 1.82) is 0 Å². The van der Waals surface area contributed by atoms with Crippen LogP contribution in [-0.2, 0) is 25.6 Å². The van der Waals surface area contributed by atoms with Crippen molar-refractivity contribution in [2.45, 2.75) is 71.6 Å². The number of amides is 3. The largest absolute Gasteiger partial charge is 0.508 e. The van der Waals surface area contributed by atoms with Crippen LogP contribution in [0.1, 0.15) is 46.6 Å². The highest BCUT2D eigenvalue weighted by Gasteiger charge is 2.31. The van der Waals surface area contributed by atoms with Gasteiger partial charge in [-0.2, -0.15) is 0 Å². The van der Waals surface area contributed by atoms with Crippen LogP contribution >= 0.6 is 0 Å². The Labute approximate surface area is 194 Å². The third kappa shape index (κ3) is 8.72. The van der Waals surface area contributed by atoms with Crippen molar-refractivity contribution in [2.75, 3.05) is 0 Å². The average Bonchev–Trinajstić information content (AvgIpc) is 2.76. The summed E-state index contributed by atoms with van der Waals surface area (Å²) in [5.74, 6) is -3.33. The number of nitrogens with one attached hydrogen (secondary N) is 3. The van der Waals surface area contributed by atoms with Gasteiger partial charge < -0.3 is 31.9 Å². The number of phenols is 1. The summed E-state index contributed by atoms with van der Waals surface area (Å²) in [6.07, 6.45) is 0.782. The molecule has 5 atom stereocenters. The van der Waals surface area contributed by atoms with Crippen molar-refractivity contribution in [1.82, 2.24) is 16.0 Å². The minimum Gasteiger partial charge on any atom is -0.508 e. The van der Waals surface area contributed by atoms with E-state index in [2.05, 4.69) is 16.0 Å². The fourth-order valence-corrected chi connectivity index (χ4v) is 3.01. The van der Waals surface area contributed by atoms with Crippen LogP contribution in [0.15, 0.2) is 24.3 Å². The van der Waals surface area contributed by atoms with E-state index in [9.17, 15) is 24.3 Å². The van der Waals surface area contributed by atoms with E-state index in [1.54, 1.807) is 26.0 Å². The highest BCUT2D eigenvalue weighted by molar-refractivity contribution is 5.94. The lowest BCUT2D eigenvalue weighted by atomic mass is 9.97. The van der Waals surface area contributed by atoms with E-state index in [-0.39, 0.29) is 24.0 Å². The molecule has 184 valence electrons. The number of phenolic OH excluding ortho intramolecular Hbond substituents is 1. The van der Waals surface area contributed by atoms with Gasteiger partial charge in [-0.25, -0.2) is 0 Å². The number of carbonyl (C=O) groups excluding carboxylic acids is 3. The van der Waals surface area contributed by atoms with E-state index in [0.717, 1.165) is 0 Å². The second-order valence-electron chi connectivity index (χ2n) is 8.64. The molecule has 33 heavy (non-hydrogen) atoms. The zero-order chi connectivity index (χ0) is 25.3. The minimum absolute atomic E-state index is 0.0617. The number of carboxylic acids is 1. The van der Waals surface area contributed by atoms with Crippen molar-refractivity contribution in [3.63, 3.8) is 0 Å². The number of aromatic hydroxyl groups is 1. The second kappa shape index (κ2) is 12.8. The summed E-state index contributed by atoms with van der Waals surface area (Å²) in [6.45, 7) is 8.48. The molecule has 0 saturated carbocycles. The molecule has 1 aromatic carbocycles. The molecular weight excluding hydrogens is 428 g/mol. The first-order valence-electron chi connectivity index (χ1n) is 11.0. The Bertz CT molecular complexity index is 827. The SMILES string of the molecule is CCC(C)C(N)C(=O)NC(Cc1ccc(O)cc1)C(=O)NC(C(=O)NC(C)C(=O)O)C(C)C. The number of rotatable bonds is 12. The van der Waals surface area contributed by atoms with E-state index in [1.807, 2.05) is 13.8 Å². The Hall–Kier alpha value is -3.14. The van der Waals surface area contributed by atoms with Crippen LogP contribution in [0.5, 0.6) is 5.75 Å². The zero-order valence-electron chi connectivity index (χ0n) is 19.8. The molecule has 5 unspecified atom stereocenters. The van der Waals surface area contributed by atoms with Gasteiger partial charge >= 0.3 is 5.97 Å². The highest BCUT2D eigenvalue weighted by atomic mass is 16.4. The molecule has 10 nitrogen and oxygen atoms in total. The third-order valence-electron chi connectivity index (χ3n) is 5.54. The average molecular weight is 465 g/mol. The molecule has 3 amide bonds. The summed E-state index contributed by atoms with van der Waals surface area (Å²) in [4.78, 5) is 49.5. The number of aliphatic carboxylic acids is 1. The lowest BCUT2D eigenvalue weighted by Gasteiger charge is -2.27. The Morgan fingerprint density at radius 3 is 1.97 bits per heavy atom. The van der Waals surface area contributed by atoms with Crippen LogP contribution < -0.4 is 21.7 Å². The number of benzene rings is 1. The van der Waals surface area contributed by atoms with Gasteiger partial charge in [-0.3, -0.25) is 19.2 Å². The molecule has 0 bridgehead atoms. The first-order chi connectivity index (χ1) is 15.4. The summed E-state index contributed by atoms with van der Waals surface area (Å²) < 4.78 is 0. The van der Waals surface area contributed by atoms with E-state index >= 15 is 0 Å². The monoisotopic (exact) mass is 464 g/mol. The normalized spacial score (nSPS) is 15.6. The van der Waals surface area contributed by atoms with Crippen molar-refractivity contribution < 1.29 is 29.4 Å². The Morgan fingerprint density at radius 2 is 1.48 bits per heavy atom. The van der Waals surface area contributed by atoms with Gasteiger partial charge in [0.2, 0.25) is 17.7 Å². The predicted octanol–water partition coefficient (Wildman–Crippen LogP) is 0.523. The van der Waals surface area contributed by atoms with E-state index < -0.39 is 47.9 Å². The molecule has 0 radical (unpaired) electrons. The van der Waals surface area contributed by atoms with E-state index in [0.29, 0.717) is 12.0 Å². The van der Waals surface area contributed by atoms with Crippen LogP contribution in [0.25, 0.3) is 0 Å². The molecular formula is C23H36N4O6. The van der Waals surface area contributed by atoms with Crippen LogP contribution in [0.3, 0.4) is 0 Å². The van der Waals surface area contributed by atoms with Crippen LogP contribution in [0, 0.1) is 11.8 Å². The van der Waals surface area contributed by atoms with Gasteiger partial charge in [0.05, 0.1) is 6.04 Å². The molecule has 10 heteroatoms. The third-order valence-corrected chi connectivity index (χ3v) is 5.54. The maximum atomic E-state index is 13.1. The van der Waals surface area contributed by atoms with Gasteiger partial charge in [0.25, 0.3) is 0 Å². The Morgan fingerprint density at radius 1 is 0.909 bits per heavy atom. The topological polar surface area (TPSA) is 171 Å². The van der Waals surface area contributed by atoms with Crippen LogP contribution in [0.2, 0.25) is 0 Å². The summed E-state index contributed by atoms with van der Waals surface area (Å²) in [7, 11) is 0. The quantitative estimate of drug-likeness (QED) is 0.262. The van der Waals surface area contributed by atoms with Crippen molar-refractivity contribution in [3.05, 3.63) is 29.8 Å². The number of carbonyl (C=O) groups is 4. The van der Waals surface area contributed by atoms with Crippen LogP contribution in [0.4, 0.5) is 0 Å². The maximum Gasteiger partial charge on any atom is 0.325 e. The number of carboxylic acid groups (broad SMARTS) is 1. The molecule has 1 rings (SSSR count). The van der Waals surface area contributed by atoms with Gasteiger partial charge in [-0.05, 0) is 36.5 Å². The summed E-state index contributed by atoms with van der Waals surface area (Å²) in [5, 5.41) is 26.2. The van der Waals surface area contributed by atoms with Gasteiger partial charge in [-0.15, -0.1) is 0 Å². The van der Waals surface area contributed by atoms with Gasteiger partial charge in [-0.1, -0.05) is 46.2 Å². The molecule has 0 spiro atoms. The minimum atomic E-state index is -1.20. The van der Waals surface area contributed by atoms with E-state index in [1.165, 1.54) is 19.1 Å². The van der Waals surface area contributed by atoms with Crippen LogP contribution in [-0.4, -0.2) is 58.1 Å². The molecule has 0 aliphatic heterocycles. The lowest BCUT2D eigenvalue weighted by Crippen LogP contribution is -2.59. The Balaban J connectivity index is 3.08.